The van der Waals surface area contributed by atoms with E-state index >= 15 is 0 Å². The van der Waals surface area contributed by atoms with Crippen LogP contribution in [0, 0.1) is 17.3 Å². The standard InChI is InChI=1S/C20H29NO5S/c1-3-20-9-8-13-14(16(20)6-7-19(20)22)5-4-12-10-18(26-27(21,23)24)17(25-2)11-15(12)13/h10-11,13-14,16,19,22H,3-9H2,1-2H3,(H2,21,23,24)/t13-,14+,16-,19-,20-/m0/s1. The zero-order chi connectivity index (χ0) is 19.4. The lowest BCUT2D eigenvalue weighted by molar-refractivity contribution is -0.0394. The first kappa shape index (κ1) is 19.0. The lowest BCUT2D eigenvalue weighted by Gasteiger charge is -2.51. The largest absolute Gasteiger partial charge is 0.493 e. The molecular weight excluding hydrogens is 366 g/mol. The summed E-state index contributed by atoms with van der Waals surface area (Å²) in [6.45, 7) is 2.22. The van der Waals surface area contributed by atoms with Gasteiger partial charge in [0.25, 0.3) is 0 Å². The summed E-state index contributed by atoms with van der Waals surface area (Å²) in [4.78, 5) is 0. The molecule has 0 bridgehead atoms. The van der Waals surface area contributed by atoms with Crippen LogP contribution in [0.25, 0.3) is 0 Å². The molecule has 0 unspecified atom stereocenters. The number of benzene rings is 1. The quantitative estimate of drug-likeness (QED) is 0.817. The molecule has 0 heterocycles. The van der Waals surface area contributed by atoms with E-state index in [1.165, 1.54) is 12.7 Å². The fraction of sp³-hybridized carbons (Fsp3) is 0.700. The number of fused-ring (bicyclic) bond motifs is 5. The van der Waals surface area contributed by atoms with Crippen LogP contribution in [0.2, 0.25) is 0 Å². The van der Waals surface area contributed by atoms with E-state index in [0.717, 1.165) is 50.5 Å². The topological polar surface area (TPSA) is 98.9 Å². The zero-order valence-corrected chi connectivity index (χ0v) is 16.8. The van der Waals surface area contributed by atoms with Gasteiger partial charge in [0.1, 0.15) is 0 Å². The minimum atomic E-state index is -4.10. The Kier molecular flexibility index (Phi) is 4.68. The van der Waals surface area contributed by atoms with Crippen molar-refractivity contribution in [3.8, 4) is 11.5 Å². The van der Waals surface area contributed by atoms with Crippen LogP contribution < -0.4 is 14.1 Å². The lowest BCUT2D eigenvalue weighted by atomic mass is 9.54. The van der Waals surface area contributed by atoms with Crippen molar-refractivity contribution in [1.29, 1.82) is 0 Å². The highest BCUT2D eigenvalue weighted by Crippen LogP contribution is 2.62. The highest BCUT2D eigenvalue weighted by Gasteiger charge is 2.56. The molecule has 0 aliphatic heterocycles. The van der Waals surface area contributed by atoms with Crippen LogP contribution >= 0.6 is 0 Å². The van der Waals surface area contributed by atoms with Crippen molar-refractivity contribution in [2.24, 2.45) is 22.4 Å². The lowest BCUT2D eigenvalue weighted by Crippen LogP contribution is -2.45. The van der Waals surface area contributed by atoms with Crippen LogP contribution in [-0.4, -0.2) is 26.7 Å². The predicted octanol–water partition coefficient (Wildman–Crippen LogP) is 2.88. The van der Waals surface area contributed by atoms with Crippen molar-refractivity contribution >= 4 is 10.3 Å². The highest BCUT2D eigenvalue weighted by molar-refractivity contribution is 7.84. The van der Waals surface area contributed by atoms with Crippen LogP contribution in [0.5, 0.6) is 11.5 Å². The maximum atomic E-state index is 11.4. The summed E-state index contributed by atoms with van der Waals surface area (Å²) in [5, 5.41) is 15.7. The molecule has 2 saturated carbocycles. The molecule has 3 aliphatic carbocycles. The van der Waals surface area contributed by atoms with E-state index in [4.69, 9.17) is 14.1 Å². The molecule has 6 nitrogen and oxygen atoms in total. The summed E-state index contributed by atoms with van der Waals surface area (Å²) in [5.41, 5.74) is 2.45. The molecule has 5 atom stereocenters. The smallest absolute Gasteiger partial charge is 0.380 e. The van der Waals surface area contributed by atoms with Crippen LogP contribution in [0.4, 0.5) is 0 Å². The summed E-state index contributed by atoms with van der Waals surface area (Å²) < 4.78 is 33.1. The van der Waals surface area contributed by atoms with Crippen molar-refractivity contribution in [1.82, 2.24) is 0 Å². The molecule has 7 heteroatoms. The molecule has 0 radical (unpaired) electrons. The van der Waals surface area contributed by atoms with Gasteiger partial charge in [-0.05, 0) is 91.4 Å². The monoisotopic (exact) mass is 395 g/mol. The van der Waals surface area contributed by atoms with E-state index in [2.05, 4.69) is 6.92 Å². The molecule has 3 N–H and O–H groups in total. The summed E-state index contributed by atoms with van der Waals surface area (Å²) in [5.74, 6) is 2.13. The predicted molar refractivity (Wildman–Crippen MR) is 102 cm³/mol. The van der Waals surface area contributed by atoms with E-state index < -0.39 is 10.3 Å². The molecule has 0 spiro atoms. The summed E-state index contributed by atoms with van der Waals surface area (Å²) in [7, 11) is -2.59. The summed E-state index contributed by atoms with van der Waals surface area (Å²) in [6, 6.07) is 3.72. The van der Waals surface area contributed by atoms with Gasteiger partial charge in [0.2, 0.25) is 0 Å². The highest BCUT2D eigenvalue weighted by atomic mass is 32.2. The number of aryl methyl sites for hydroxylation is 1. The van der Waals surface area contributed by atoms with E-state index in [-0.39, 0.29) is 17.3 Å². The van der Waals surface area contributed by atoms with E-state index in [0.29, 0.717) is 23.5 Å². The van der Waals surface area contributed by atoms with Gasteiger partial charge in [0, 0.05) is 0 Å². The van der Waals surface area contributed by atoms with Crippen molar-refractivity contribution in [2.75, 3.05) is 7.11 Å². The number of aliphatic hydroxyl groups excluding tert-OH is 1. The number of ether oxygens (including phenoxy) is 1. The minimum absolute atomic E-state index is 0.0828. The van der Waals surface area contributed by atoms with Crippen molar-refractivity contribution in [3.05, 3.63) is 23.3 Å². The molecule has 0 saturated heterocycles. The van der Waals surface area contributed by atoms with Crippen molar-refractivity contribution in [2.45, 2.75) is 63.9 Å². The first-order valence-electron chi connectivity index (χ1n) is 9.90. The van der Waals surface area contributed by atoms with Gasteiger partial charge in [-0.2, -0.15) is 13.6 Å². The number of aliphatic hydroxyl groups is 1. The summed E-state index contributed by atoms with van der Waals surface area (Å²) in [6.07, 6.45) is 6.94. The van der Waals surface area contributed by atoms with Gasteiger partial charge in [-0.25, -0.2) is 0 Å². The third-order valence-electron chi connectivity index (χ3n) is 7.54. The number of nitrogens with two attached hydrogens (primary N) is 1. The Bertz CT molecular complexity index is 839. The number of hydrogen-bond acceptors (Lipinski definition) is 5. The molecule has 0 amide bonds. The second kappa shape index (κ2) is 6.64. The van der Waals surface area contributed by atoms with Gasteiger partial charge < -0.3 is 14.0 Å². The first-order chi connectivity index (χ1) is 12.8. The van der Waals surface area contributed by atoms with Gasteiger partial charge in [-0.15, -0.1) is 0 Å². The average Bonchev–Trinajstić information content (AvgIpc) is 2.96. The van der Waals surface area contributed by atoms with Gasteiger partial charge in [0.15, 0.2) is 11.5 Å². The Balaban J connectivity index is 1.70. The van der Waals surface area contributed by atoms with Crippen LogP contribution in [-0.2, 0) is 16.7 Å². The molecular formula is C20H29NO5S. The molecule has 4 rings (SSSR count). The Labute approximate surface area is 161 Å². The maximum Gasteiger partial charge on any atom is 0.380 e. The van der Waals surface area contributed by atoms with E-state index in [9.17, 15) is 13.5 Å². The molecule has 1 aromatic carbocycles. The Morgan fingerprint density at radius 3 is 2.67 bits per heavy atom. The second-order valence-corrected chi connectivity index (χ2v) is 9.56. The fourth-order valence-corrected chi connectivity index (χ4v) is 6.77. The average molecular weight is 396 g/mol. The third kappa shape index (κ3) is 3.04. The van der Waals surface area contributed by atoms with Gasteiger partial charge in [-0.1, -0.05) is 6.92 Å². The maximum absolute atomic E-state index is 11.4. The van der Waals surface area contributed by atoms with E-state index in [1.54, 1.807) is 6.07 Å². The van der Waals surface area contributed by atoms with Crippen LogP contribution in [0.1, 0.15) is 62.5 Å². The summed E-state index contributed by atoms with van der Waals surface area (Å²) >= 11 is 0. The molecule has 27 heavy (non-hydrogen) atoms. The Hall–Kier alpha value is -1.31. The molecule has 1 aromatic rings. The number of hydrogen-bond donors (Lipinski definition) is 2. The van der Waals surface area contributed by atoms with Gasteiger partial charge >= 0.3 is 10.3 Å². The molecule has 0 aromatic heterocycles. The molecule has 150 valence electrons. The van der Waals surface area contributed by atoms with E-state index in [1.807, 2.05) is 6.07 Å². The number of methoxy groups -OCH3 is 1. The van der Waals surface area contributed by atoms with Crippen molar-refractivity contribution in [3.63, 3.8) is 0 Å². The zero-order valence-electron chi connectivity index (χ0n) is 16.0. The number of rotatable bonds is 4. The van der Waals surface area contributed by atoms with Crippen LogP contribution in [0.15, 0.2) is 12.1 Å². The first-order valence-corrected chi connectivity index (χ1v) is 11.4. The Morgan fingerprint density at radius 2 is 2.00 bits per heavy atom. The Morgan fingerprint density at radius 1 is 1.22 bits per heavy atom. The molecule has 3 aliphatic rings. The SMILES string of the molecule is CC[C@]12CC[C@@H]3c4cc(OC)c(OS(N)(=O)=O)cc4CC[C@H]3[C@@H]1CC[C@@H]2O. The third-order valence-corrected chi connectivity index (χ3v) is 7.96. The normalized spacial score (nSPS) is 35.1. The minimum Gasteiger partial charge on any atom is -0.493 e. The van der Waals surface area contributed by atoms with Gasteiger partial charge in [0.05, 0.1) is 13.2 Å². The molecule has 2 fully saturated rings. The van der Waals surface area contributed by atoms with Crippen LogP contribution in [0.3, 0.4) is 0 Å². The fourth-order valence-electron chi connectivity index (χ4n) is 6.39. The second-order valence-electron chi connectivity index (χ2n) is 8.41. The van der Waals surface area contributed by atoms with Gasteiger partial charge in [-0.3, -0.25) is 0 Å². The van der Waals surface area contributed by atoms with Crippen molar-refractivity contribution < 1.29 is 22.4 Å².